The Balaban J connectivity index is 2.63. The lowest BCUT2D eigenvalue weighted by atomic mass is 10.2. The van der Waals surface area contributed by atoms with E-state index < -0.39 is 0 Å². The van der Waals surface area contributed by atoms with Crippen LogP contribution in [0, 0.1) is 3.57 Å². The van der Waals surface area contributed by atoms with E-state index in [0.29, 0.717) is 11.9 Å². The van der Waals surface area contributed by atoms with Crippen LogP contribution < -0.4 is 5.56 Å². The molecule has 1 aromatic carbocycles. The van der Waals surface area contributed by atoms with E-state index in [1.54, 1.807) is 4.57 Å². The first-order chi connectivity index (χ1) is 9.88. The molecule has 0 saturated heterocycles. The van der Waals surface area contributed by atoms with E-state index in [0.717, 1.165) is 31.1 Å². The second kappa shape index (κ2) is 6.79. The summed E-state index contributed by atoms with van der Waals surface area (Å²) in [6.45, 7) is 12.2. The summed E-state index contributed by atoms with van der Waals surface area (Å²) < 4.78 is 2.73. The highest BCUT2D eigenvalue weighted by molar-refractivity contribution is 14.1. The highest BCUT2D eigenvalue weighted by Gasteiger charge is 2.12. The molecule has 0 atom stereocenters. The van der Waals surface area contributed by atoms with Crippen molar-refractivity contribution < 1.29 is 0 Å². The topological polar surface area (TPSA) is 34.9 Å². The summed E-state index contributed by atoms with van der Waals surface area (Å²) in [5, 5.41) is 1.38. The molecule has 0 aliphatic carbocycles. The third-order valence-electron chi connectivity index (χ3n) is 2.76. The number of halogens is 1. The first kappa shape index (κ1) is 16.3. The normalized spacial score (nSPS) is 10.8. The molecular formula is C16H17IN2OS. The van der Waals surface area contributed by atoms with Gasteiger partial charge in [-0.2, -0.15) is 0 Å². The summed E-state index contributed by atoms with van der Waals surface area (Å²) >= 11 is 3.75. The smallest absolute Gasteiger partial charge is 0.262 e. The monoisotopic (exact) mass is 412 g/mol. The van der Waals surface area contributed by atoms with E-state index in [2.05, 4.69) is 40.7 Å². The zero-order chi connectivity index (χ0) is 15.6. The van der Waals surface area contributed by atoms with Gasteiger partial charge in [0, 0.05) is 15.9 Å². The predicted molar refractivity (Wildman–Crippen MR) is 99.1 cm³/mol. The van der Waals surface area contributed by atoms with Crippen molar-refractivity contribution in [2.45, 2.75) is 25.5 Å². The molecule has 0 amide bonds. The number of fused-ring (bicyclic) bond motifs is 1. The number of benzene rings is 1. The van der Waals surface area contributed by atoms with Crippen LogP contribution in [0.2, 0.25) is 0 Å². The molecule has 2 rings (SSSR count). The molecule has 3 nitrogen and oxygen atoms in total. The minimum atomic E-state index is -0.00858. The van der Waals surface area contributed by atoms with Gasteiger partial charge in [0.15, 0.2) is 5.16 Å². The third-order valence-corrected chi connectivity index (χ3v) is 4.63. The van der Waals surface area contributed by atoms with Crippen LogP contribution >= 0.6 is 34.4 Å². The van der Waals surface area contributed by atoms with Gasteiger partial charge in [-0.3, -0.25) is 9.36 Å². The molecule has 21 heavy (non-hydrogen) atoms. The number of aromatic nitrogens is 2. The van der Waals surface area contributed by atoms with Crippen LogP contribution in [-0.4, -0.2) is 15.3 Å². The fraction of sp³-hybridized carbons (Fsp3) is 0.250. The first-order valence-corrected chi connectivity index (χ1v) is 8.56. The van der Waals surface area contributed by atoms with Crippen LogP contribution in [0.5, 0.6) is 0 Å². The molecule has 0 N–H and O–H groups in total. The summed E-state index contributed by atoms with van der Waals surface area (Å²) in [7, 11) is 0. The summed E-state index contributed by atoms with van der Waals surface area (Å²) in [6.07, 6.45) is 0. The molecule has 0 fully saturated rings. The quantitative estimate of drug-likeness (QED) is 0.319. The Kier molecular flexibility index (Phi) is 5.27. The molecule has 5 heteroatoms. The lowest BCUT2D eigenvalue weighted by molar-refractivity contribution is 0.651. The zero-order valence-corrected chi connectivity index (χ0v) is 15.1. The molecule has 110 valence electrons. The van der Waals surface area contributed by atoms with Crippen LogP contribution in [-0.2, 0) is 6.54 Å². The molecule has 1 heterocycles. The Hall–Kier alpha value is -1.08. The van der Waals surface area contributed by atoms with Gasteiger partial charge < -0.3 is 0 Å². The Morgan fingerprint density at radius 3 is 2.67 bits per heavy atom. The molecule has 0 aliphatic heterocycles. The maximum atomic E-state index is 12.7. The maximum absolute atomic E-state index is 12.7. The van der Waals surface area contributed by atoms with Crippen LogP contribution in [0.4, 0.5) is 0 Å². The largest absolute Gasteiger partial charge is 0.283 e. The molecular weight excluding hydrogens is 395 g/mol. The van der Waals surface area contributed by atoms with Gasteiger partial charge in [-0.05, 0) is 54.6 Å². The van der Waals surface area contributed by atoms with E-state index in [4.69, 9.17) is 0 Å². The van der Waals surface area contributed by atoms with Crippen molar-refractivity contribution in [2.24, 2.45) is 0 Å². The molecule has 1 aromatic heterocycles. The van der Waals surface area contributed by atoms with Crippen LogP contribution in [0.3, 0.4) is 0 Å². The Labute approximate surface area is 142 Å². The molecule has 0 unspecified atom stereocenters. The SMILES string of the molecule is C=C(C)CSc1nc2ccc(I)cc2c(=O)n1CC(=C)C. The number of rotatable bonds is 5. The van der Waals surface area contributed by atoms with Crippen molar-refractivity contribution in [3.8, 4) is 0 Å². The van der Waals surface area contributed by atoms with Gasteiger partial charge >= 0.3 is 0 Å². The van der Waals surface area contributed by atoms with Gasteiger partial charge in [0.2, 0.25) is 0 Å². The number of allylic oxidation sites excluding steroid dienone is 1. The van der Waals surface area contributed by atoms with E-state index in [1.807, 2.05) is 32.0 Å². The highest BCUT2D eigenvalue weighted by atomic mass is 127. The van der Waals surface area contributed by atoms with E-state index >= 15 is 0 Å². The van der Waals surface area contributed by atoms with Crippen molar-refractivity contribution in [1.82, 2.24) is 9.55 Å². The zero-order valence-electron chi connectivity index (χ0n) is 12.1. The molecule has 0 radical (unpaired) electrons. The lowest BCUT2D eigenvalue weighted by Gasteiger charge is -2.13. The second-order valence-electron chi connectivity index (χ2n) is 5.15. The summed E-state index contributed by atoms with van der Waals surface area (Å²) in [5.41, 5.74) is 2.72. The fourth-order valence-corrected chi connectivity index (χ4v) is 3.21. The van der Waals surface area contributed by atoms with Gasteiger partial charge in [-0.25, -0.2) is 4.98 Å². The minimum Gasteiger partial charge on any atom is -0.283 e. The standard InChI is InChI=1S/C16H17IN2OS/c1-10(2)8-19-15(20)13-7-12(17)5-6-14(13)18-16(19)21-9-11(3)4/h5-7H,1,3,8-9H2,2,4H3. The van der Waals surface area contributed by atoms with Crippen LogP contribution in [0.1, 0.15) is 13.8 Å². The van der Waals surface area contributed by atoms with Crippen LogP contribution in [0.25, 0.3) is 10.9 Å². The van der Waals surface area contributed by atoms with Gasteiger partial charge in [0.1, 0.15) is 0 Å². The number of thioether (sulfide) groups is 1. The van der Waals surface area contributed by atoms with E-state index in [1.165, 1.54) is 11.8 Å². The number of nitrogens with zero attached hydrogens (tertiary/aromatic N) is 2. The summed E-state index contributed by atoms with van der Waals surface area (Å²) in [4.78, 5) is 17.4. The molecule has 0 saturated carbocycles. The number of hydrogen-bond donors (Lipinski definition) is 0. The van der Waals surface area contributed by atoms with Gasteiger partial charge in [-0.15, -0.1) is 0 Å². The van der Waals surface area contributed by atoms with Gasteiger partial charge in [-0.1, -0.05) is 36.1 Å². The van der Waals surface area contributed by atoms with E-state index in [9.17, 15) is 4.79 Å². The third kappa shape index (κ3) is 3.97. The Morgan fingerprint density at radius 2 is 2.05 bits per heavy atom. The first-order valence-electron chi connectivity index (χ1n) is 6.50. The minimum absolute atomic E-state index is 0.00858. The van der Waals surface area contributed by atoms with E-state index in [-0.39, 0.29) is 5.56 Å². The Morgan fingerprint density at radius 1 is 1.33 bits per heavy atom. The second-order valence-corrected chi connectivity index (χ2v) is 7.34. The molecule has 0 spiro atoms. The van der Waals surface area contributed by atoms with Gasteiger partial charge in [0.05, 0.1) is 10.9 Å². The van der Waals surface area contributed by atoms with Crippen LogP contribution in [0.15, 0.2) is 52.5 Å². The fourth-order valence-electron chi connectivity index (χ4n) is 1.88. The Bertz CT molecular complexity index is 780. The highest BCUT2D eigenvalue weighted by Crippen LogP contribution is 2.21. The average Bonchev–Trinajstić information content (AvgIpc) is 2.40. The lowest BCUT2D eigenvalue weighted by Crippen LogP contribution is -2.24. The predicted octanol–water partition coefficient (Wildman–Crippen LogP) is 4.25. The number of hydrogen-bond acceptors (Lipinski definition) is 3. The van der Waals surface area contributed by atoms with Crippen molar-refractivity contribution in [3.05, 3.63) is 56.4 Å². The molecule has 0 aliphatic rings. The van der Waals surface area contributed by atoms with Gasteiger partial charge in [0.25, 0.3) is 5.56 Å². The summed E-state index contributed by atoms with van der Waals surface area (Å²) in [6, 6.07) is 5.74. The van der Waals surface area contributed by atoms with Crippen molar-refractivity contribution in [3.63, 3.8) is 0 Å². The summed E-state index contributed by atoms with van der Waals surface area (Å²) in [5.74, 6) is 0.749. The molecule has 0 bridgehead atoms. The average molecular weight is 412 g/mol. The molecule has 2 aromatic rings. The van der Waals surface area contributed by atoms with Crippen molar-refractivity contribution in [2.75, 3.05) is 5.75 Å². The van der Waals surface area contributed by atoms with Crippen molar-refractivity contribution >= 4 is 45.3 Å². The van der Waals surface area contributed by atoms with Crippen molar-refractivity contribution in [1.29, 1.82) is 0 Å². The maximum Gasteiger partial charge on any atom is 0.262 e.